The van der Waals surface area contributed by atoms with Crippen molar-refractivity contribution in [3.05, 3.63) is 125 Å². The summed E-state index contributed by atoms with van der Waals surface area (Å²) >= 11 is 3.45. The second-order valence-corrected chi connectivity index (χ2v) is 13.3. The van der Waals surface area contributed by atoms with Crippen LogP contribution in [0.3, 0.4) is 0 Å². The second kappa shape index (κ2) is 15.0. The molecule has 4 aromatic rings. The van der Waals surface area contributed by atoms with E-state index in [9.17, 15) is 18.0 Å². The Morgan fingerprint density at radius 2 is 1.41 bits per heavy atom. The molecule has 0 saturated heterocycles. The fourth-order valence-corrected chi connectivity index (χ4v) is 6.40. The summed E-state index contributed by atoms with van der Waals surface area (Å²) in [5, 5.41) is 2.96. The highest BCUT2D eigenvalue weighted by Crippen LogP contribution is 2.26. The van der Waals surface area contributed by atoms with Gasteiger partial charge in [0.15, 0.2) is 0 Å². The number of nitrogens with zero attached hydrogens (tertiary/aromatic N) is 2. The standard InChI is InChI=1S/C34H36BrN3O5S/c1-25(2)36-34(40)32(22-26-10-6-4-7-11-26)37(23-27-14-16-28(35)17-15-27)33(39)24-38(29-12-8-5-9-13-29)44(41,42)31-20-18-30(43-3)19-21-31/h4-21,25,32H,22-24H2,1-3H3,(H,36,40)/t32-/m1/s1. The molecule has 4 rings (SSSR count). The van der Waals surface area contributed by atoms with Crippen LogP contribution in [0.2, 0.25) is 0 Å². The maximum absolute atomic E-state index is 14.4. The number of hydrogen-bond donors (Lipinski definition) is 1. The van der Waals surface area contributed by atoms with Gasteiger partial charge in [-0.2, -0.15) is 0 Å². The van der Waals surface area contributed by atoms with Crippen molar-refractivity contribution in [3.63, 3.8) is 0 Å². The number of halogens is 1. The van der Waals surface area contributed by atoms with E-state index in [4.69, 9.17) is 4.74 Å². The van der Waals surface area contributed by atoms with Gasteiger partial charge < -0.3 is 15.0 Å². The van der Waals surface area contributed by atoms with Crippen LogP contribution >= 0.6 is 15.9 Å². The van der Waals surface area contributed by atoms with Crippen LogP contribution in [0.25, 0.3) is 0 Å². The van der Waals surface area contributed by atoms with Crippen molar-refractivity contribution in [2.24, 2.45) is 0 Å². The van der Waals surface area contributed by atoms with Crippen LogP contribution in [0, 0.1) is 0 Å². The monoisotopic (exact) mass is 677 g/mol. The fraction of sp³-hybridized carbons (Fsp3) is 0.235. The first-order valence-corrected chi connectivity index (χ1v) is 16.4. The van der Waals surface area contributed by atoms with Gasteiger partial charge in [0.2, 0.25) is 11.8 Å². The highest BCUT2D eigenvalue weighted by molar-refractivity contribution is 9.10. The maximum Gasteiger partial charge on any atom is 0.264 e. The number of benzene rings is 4. The van der Waals surface area contributed by atoms with Crippen molar-refractivity contribution in [2.45, 2.75) is 43.8 Å². The minimum atomic E-state index is -4.19. The molecule has 1 atom stereocenters. The third-order valence-corrected chi connectivity index (χ3v) is 9.26. The lowest BCUT2D eigenvalue weighted by atomic mass is 10.0. The number of anilines is 1. The summed E-state index contributed by atoms with van der Waals surface area (Å²) in [6.45, 7) is 3.29. The predicted molar refractivity (Wildman–Crippen MR) is 176 cm³/mol. The molecule has 4 aromatic carbocycles. The number of ether oxygens (including phenoxy) is 1. The van der Waals surface area contributed by atoms with Gasteiger partial charge >= 0.3 is 0 Å². The number of methoxy groups -OCH3 is 1. The molecule has 0 radical (unpaired) electrons. The molecular formula is C34H36BrN3O5S. The normalized spacial score (nSPS) is 11.9. The van der Waals surface area contributed by atoms with Crippen molar-refractivity contribution in [2.75, 3.05) is 18.0 Å². The molecule has 0 aliphatic carbocycles. The van der Waals surface area contributed by atoms with Gasteiger partial charge in [0.25, 0.3) is 10.0 Å². The number of nitrogens with one attached hydrogen (secondary N) is 1. The number of hydrogen-bond acceptors (Lipinski definition) is 5. The molecule has 0 aliphatic rings. The number of carbonyl (C=O) groups excluding carboxylic acids is 2. The molecule has 0 heterocycles. The van der Waals surface area contributed by atoms with Gasteiger partial charge in [0.05, 0.1) is 17.7 Å². The van der Waals surface area contributed by atoms with Crippen molar-refractivity contribution in [1.82, 2.24) is 10.2 Å². The highest BCUT2D eigenvalue weighted by Gasteiger charge is 2.34. The summed E-state index contributed by atoms with van der Waals surface area (Å²) < 4.78 is 35.3. The van der Waals surface area contributed by atoms with E-state index in [1.165, 1.54) is 24.1 Å². The van der Waals surface area contributed by atoms with E-state index in [2.05, 4.69) is 21.2 Å². The largest absolute Gasteiger partial charge is 0.497 e. The lowest BCUT2D eigenvalue weighted by Gasteiger charge is -2.34. The van der Waals surface area contributed by atoms with Crippen LogP contribution in [0.4, 0.5) is 5.69 Å². The molecule has 0 fully saturated rings. The average molecular weight is 679 g/mol. The van der Waals surface area contributed by atoms with Crippen LogP contribution in [0.1, 0.15) is 25.0 Å². The van der Waals surface area contributed by atoms with Crippen LogP contribution in [0.15, 0.2) is 119 Å². The quantitative estimate of drug-likeness (QED) is 0.193. The first-order chi connectivity index (χ1) is 21.1. The Labute approximate surface area is 267 Å². The van der Waals surface area contributed by atoms with Crippen LogP contribution in [0.5, 0.6) is 5.75 Å². The fourth-order valence-electron chi connectivity index (χ4n) is 4.72. The van der Waals surface area contributed by atoms with Crippen LogP contribution in [-0.4, -0.2) is 50.9 Å². The lowest BCUT2D eigenvalue weighted by Crippen LogP contribution is -2.54. The van der Waals surface area contributed by atoms with Crippen molar-refractivity contribution >= 4 is 43.5 Å². The Balaban J connectivity index is 1.78. The van der Waals surface area contributed by atoms with E-state index in [-0.39, 0.29) is 29.8 Å². The zero-order chi connectivity index (χ0) is 31.7. The second-order valence-electron chi connectivity index (χ2n) is 10.5. The number of amides is 2. The van der Waals surface area contributed by atoms with Gasteiger partial charge in [0.1, 0.15) is 18.3 Å². The molecule has 8 nitrogen and oxygen atoms in total. The van der Waals surface area contributed by atoms with Gasteiger partial charge in [-0.25, -0.2) is 8.42 Å². The van der Waals surface area contributed by atoms with Crippen molar-refractivity contribution in [3.8, 4) is 5.75 Å². The summed E-state index contributed by atoms with van der Waals surface area (Å²) in [7, 11) is -2.69. The summed E-state index contributed by atoms with van der Waals surface area (Å²) in [4.78, 5) is 29.6. The Kier molecular flexibility index (Phi) is 11.2. The number of sulfonamides is 1. The molecule has 2 amide bonds. The zero-order valence-electron chi connectivity index (χ0n) is 24.9. The number of para-hydroxylation sites is 1. The molecule has 1 N–H and O–H groups in total. The Bertz CT molecular complexity index is 1630. The predicted octanol–water partition coefficient (Wildman–Crippen LogP) is 5.82. The first kappa shape index (κ1) is 32.8. The van der Waals surface area contributed by atoms with Gasteiger partial charge in [-0.3, -0.25) is 13.9 Å². The zero-order valence-corrected chi connectivity index (χ0v) is 27.3. The summed E-state index contributed by atoms with van der Waals surface area (Å²) in [5.41, 5.74) is 1.99. The average Bonchev–Trinajstić information content (AvgIpc) is 3.02. The van der Waals surface area contributed by atoms with E-state index in [0.717, 1.165) is 19.9 Å². The first-order valence-electron chi connectivity index (χ1n) is 14.2. The van der Waals surface area contributed by atoms with Crippen LogP contribution < -0.4 is 14.4 Å². The molecule has 10 heteroatoms. The Morgan fingerprint density at radius 3 is 1.98 bits per heavy atom. The van der Waals surface area contributed by atoms with E-state index in [1.807, 2.05) is 68.4 Å². The molecular weight excluding hydrogens is 642 g/mol. The SMILES string of the molecule is COc1ccc(S(=O)(=O)N(CC(=O)N(Cc2ccc(Br)cc2)[C@H](Cc2ccccc2)C(=O)NC(C)C)c2ccccc2)cc1. The molecule has 0 spiro atoms. The number of carbonyl (C=O) groups is 2. The van der Waals surface area contributed by atoms with Gasteiger partial charge in [-0.15, -0.1) is 0 Å². The van der Waals surface area contributed by atoms with Crippen molar-refractivity contribution < 1.29 is 22.7 Å². The summed E-state index contributed by atoms with van der Waals surface area (Å²) in [6, 6.07) is 30.3. The minimum Gasteiger partial charge on any atom is -0.497 e. The van der Waals surface area contributed by atoms with E-state index >= 15 is 0 Å². The Morgan fingerprint density at radius 1 is 0.818 bits per heavy atom. The molecule has 0 bridgehead atoms. The van der Waals surface area contributed by atoms with Gasteiger partial charge in [-0.1, -0.05) is 76.6 Å². The van der Waals surface area contributed by atoms with E-state index in [1.54, 1.807) is 42.5 Å². The topological polar surface area (TPSA) is 96.0 Å². The Hall–Kier alpha value is -4.15. The molecule has 230 valence electrons. The van der Waals surface area contributed by atoms with Crippen LogP contribution in [-0.2, 0) is 32.6 Å². The van der Waals surface area contributed by atoms with Gasteiger partial charge in [0, 0.05) is 23.5 Å². The van der Waals surface area contributed by atoms with E-state index in [0.29, 0.717) is 11.4 Å². The van der Waals surface area contributed by atoms with Gasteiger partial charge in [-0.05, 0) is 73.5 Å². The third kappa shape index (κ3) is 8.48. The maximum atomic E-state index is 14.4. The molecule has 0 unspecified atom stereocenters. The molecule has 0 saturated carbocycles. The molecule has 0 aromatic heterocycles. The minimum absolute atomic E-state index is 0.00722. The summed E-state index contributed by atoms with van der Waals surface area (Å²) in [6.07, 6.45) is 0.248. The summed E-state index contributed by atoms with van der Waals surface area (Å²) in [5.74, 6) is -0.334. The van der Waals surface area contributed by atoms with Crippen molar-refractivity contribution in [1.29, 1.82) is 0 Å². The molecule has 44 heavy (non-hydrogen) atoms. The number of rotatable bonds is 13. The third-order valence-electron chi connectivity index (χ3n) is 6.94. The molecule has 0 aliphatic heterocycles. The van der Waals surface area contributed by atoms with E-state index < -0.39 is 28.5 Å². The smallest absolute Gasteiger partial charge is 0.264 e. The highest BCUT2D eigenvalue weighted by atomic mass is 79.9. The lowest BCUT2D eigenvalue weighted by molar-refractivity contribution is -0.140.